The summed E-state index contributed by atoms with van der Waals surface area (Å²) in [5.41, 5.74) is 2.68. The van der Waals surface area contributed by atoms with Crippen LogP contribution in [0.4, 0.5) is 8.78 Å². The molecular weight excluding hydrogens is 372 g/mol. The van der Waals surface area contributed by atoms with E-state index in [1.165, 1.54) is 26.3 Å². The highest BCUT2D eigenvalue weighted by atomic mass is 19.1. The summed E-state index contributed by atoms with van der Waals surface area (Å²) in [6.45, 7) is 1.97. The maximum Gasteiger partial charge on any atom is 0.251 e. The Morgan fingerprint density at radius 3 is 2.52 bits per heavy atom. The van der Waals surface area contributed by atoms with Crippen molar-refractivity contribution in [3.63, 3.8) is 0 Å². The van der Waals surface area contributed by atoms with Crippen molar-refractivity contribution in [1.82, 2.24) is 14.7 Å². The summed E-state index contributed by atoms with van der Waals surface area (Å²) in [6, 6.07) is 6.06. The Hall–Kier alpha value is -2.76. The third kappa shape index (κ3) is 3.76. The number of benzene rings is 1. The van der Waals surface area contributed by atoms with Crippen molar-refractivity contribution in [2.45, 2.75) is 45.4 Å². The summed E-state index contributed by atoms with van der Waals surface area (Å²) in [5, 5.41) is 2.40. The normalized spacial score (nSPS) is 15.0. The summed E-state index contributed by atoms with van der Waals surface area (Å²) >= 11 is 0. The first-order valence-corrected chi connectivity index (χ1v) is 10.2. The SMILES string of the molecule is CNC(=O)c1cc(F)c(-c2nc3cc(C)ccn3c2CC2CCCCC2)c(F)c1. The summed E-state index contributed by atoms with van der Waals surface area (Å²) in [6.07, 6.45) is 8.54. The van der Waals surface area contributed by atoms with Gasteiger partial charge in [-0.3, -0.25) is 4.79 Å². The van der Waals surface area contributed by atoms with Crippen molar-refractivity contribution in [1.29, 1.82) is 0 Å². The fourth-order valence-corrected chi connectivity index (χ4v) is 4.33. The molecule has 1 N–H and O–H groups in total. The predicted molar refractivity (Wildman–Crippen MR) is 109 cm³/mol. The highest BCUT2D eigenvalue weighted by Gasteiger charge is 2.25. The minimum atomic E-state index is -0.770. The first kappa shape index (κ1) is 19.6. The molecule has 4 nitrogen and oxygen atoms in total. The van der Waals surface area contributed by atoms with Crippen LogP contribution < -0.4 is 5.32 Å². The second-order valence-electron chi connectivity index (χ2n) is 7.94. The van der Waals surface area contributed by atoms with Crippen LogP contribution in [-0.2, 0) is 6.42 Å². The lowest BCUT2D eigenvalue weighted by Gasteiger charge is -2.22. The van der Waals surface area contributed by atoms with Crippen molar-refractivity contribution in [2.75, 3.05) is 7.05 Å². The number of imidazole rings is 1. The smallest absolute Gasteiger partial charge is 0.251 e. The van der Waals surface area contributed by atoms with E-state index in [9.17, 15) is 13.6 Å². The van der Waals surface area contributed by atoms with Gasteiger partial charge in [-0.2, -0.15) is 0 Å². The first-order valence-electron chi connectivity index (χ1n) is 10.2. The van der Waals surface area contributed by atoms with E-state index >= 15 is 0 Å². The topological polar surface area (TPSA) is 46.4 Å². The van der Waals surface area contributed by atoms with Gasteiger partial charge < -0.3 is 9.72 Å². The molecule has 0 unspecified atom stereocenters. The molecule has 29 heavy (non-hydrogen) atoms. The largest absolute Gasteiger partial charge is 0.355 e. The fourth-order valence-electron chi connectivity index (χ4n) is 4.33. The Morgan fingerprint density at radius 2 is 1.86 bits per heavy atom. The number of carbonyl (C=O) groups excluding carboxylic acids is 1. The van der Waals surface area contributed by atoms with Crippen LogP contribution in [0.5, 0.6) is 0 Å². The number of carbonyl (C=O) groups is 1. The number of nitrogens with one attached hydrogen (secondary N) is 1. The Labute approximate surface area is 169 Å². The average molecular weight is 397 g/mol. The van der Waals surface area contributed by atoms with E-state index in [0.29, 0.717) is 17.3 Å². The molecule has 0 spiro atoms. The van der Waals surface area contributed by atoms with Crippen LogP contribution in [-0.4, -0.2) is 22.3 Å². The molecule has 0 atom stereocenters. The summed E-state index contributed by atoms with van der Waals surface area (Å²) < 4.78 is 31.9. The second-order valence-corrected chi connectivity index (χ2v) is 7.94. The van der Waals surface area contributed by atoms with Gasteiger partial charge in [0.2, 0.25) is 0 Å². The molecule has 1 fully saturated rings. The third-order valence-electron chi connectivity index (χ3n) is 5.86. The minimum Gasteiger partial charge on any atom is -0.355 e. The van der Waals surface area contributed by atoms with Crippen molar-refractivity contribution < 1.29 is 13.6 Å². The Bertz CT molecular complexity index is 1040. The zero-order valence-electron chi connectivity index (χ0n) is 16.8. The number of nitrogens with zero attached hydrogens (tertiary/aromatic N) is 2. The van der Waals surface area contributed by atoms with Crippen LogP contribution >= 0.6 is 0 Å². The Kier molecular flexibility index (Phi) is 5.35. The lowest BCUT2D eigenvalue weighted by atomic mass is 9.85. The van der Waals surface area contributed by atoms with Gasteiger partial charge in [-0.1, -0.05) is 32.1 Å². The van der Waals surface area contributed by atoms with Gasteiger partial charge in [0.1, 0.15) is 17.3 Å². The van der Waals surface area contributed by atoms with E-state index in [-0.39, 0.29) is 11.1 Å². The van der Waals surface area contributed by atoms with Gasteiger partial charge in [0.15, 0.2) is 0 Å². The number of pyridine rings is 1. The molecular formula is C23H25F2N3O. The van der Waals surface area contributed by atoms with Crippen molar-refractivity contribution in [3.8, 4) is 11.3 Å². The van der Waals surface area contributed by atoms with Gasteiger partial charge in [-0.25, -0.2) is 13.8 Å². The Balaban J connectivity index is 1.86. The zero-order valence-corrected chi connectivity index (χ0v) is 16.8. The lowest BCUT2D eigenvalue weighted by molar-refractivity contribution is 0.0962. The van der Waals surface area contributed by atoms with Crippen molar-refractivity contribution in [2.24, 2.45) is 5.92 Å². The molecule has 1 amide bonds. The number of aromatic nitrogens is 2. The fraction of sp³-hybridized carbons (Fsp3) is 0.391. The average Bonchev–Trinajstić information content (AvgIpc) is 3.04. The van der Waals surface area contributed by atoms with Crippen molar-refractivity contribution >= 4 is 11.6 Å². The van der Waals surface area contributed by atoms with Gasteiger partial charge in [-0.05, 0) is 49.1 Å². The van der Waals surface area contributed by atoms with Crippen molar-refractivity contribution in [3.05, 3.63) is 58.9 Å². The molecule has 0 saturated heterocycles. The maximum absolute atomic E-state index is 15.0. The van der Waals surface area contributed by atoms with E-state index in [0.717, 1.165) is 42.7 Å². The van der Waals surface area contributed by atoms with E-state index < -0.39 is 17.5 Å². The minimum absolute atomic E-state index is 0.0420. The van der Waals surface area contributed by atoms with E-state index in [2.05, 4.69) is 10.3 Å². The van der Waals surface area contributed by atoms with Crippen LogP contribution in [0.25, 0.3) is 16.9 Å². The van der Waals surface area contributed by atoms with Gasteiger partial charge in [0.25, 0.3) is 5.91 Å². The molecule has 0 radical (unpaired) electrons. The highest BCUT2D eigenvalue weighted by Crippen LogP contribution is 2.34. The summed E-state index contributed by atoms with van der Waals surface area (Å²) in [5.74, 6) is -1.58. The van der Waals surface area contributed by atoms with Crippen LogP contribution in [0.3, 0.4) is 0 Å². The van der Waals surface area contributed by atoms with E-state index in [4.69, 9.17) is 0 Å². The zero-order chi connectivity index (χ0) is 20.5. The second kappa shape index (κ2) is 7.93. The van der Waals surface area contributed by atoms with E-state index in [1.807, 2.05) is 29.7 Å². The molecule has 152 valence electrons. The Morgan fingerprint density at radius 1 is 1.17 bits per heavy atom. The molecule has 4 rings (SSSR count). The van der Waals surface area contributed by atoms with Gasteiger partial charge in [0.05, 0.1) is 17.0 Å². The van der Waals surface area contributed by atoms with Crippen LogP contribution in [0.2, 0.25) is 0 Å². The standard InChI is InChI=1S/C23H25F2N3O/c1-14-8-9-28-19(11-15-6-4-3-5-7-15)22(27-20(28)10-14)21-17(24)12-16(13-18(21)25)23(29)26-2/h8-10,12-13,15H,3-7,11H2,1-2H3,(H,26,29). The summed E-state index contributed by atoms with van der Waals surface area (Å²) in [4.78, 5) is 16.4. The predicted octanol–water partition coefficient (Wildman–Crippen LogP) is 5.07. The number of amides is 1. The number of hydrogen-bond donors (Lipinski definition) is 1. The first-order chi connectivity index (χ1) is 14.0. The molecule has 1 aliphatic rings. The molecule has 6 heteroatoms. The third-order valence-corrected chi connectivity index (χ3v) is 5.86. The molecule has 2 heterocycles. The monoisotopic (exact) mass is 397 g/mol. The molecule has 0 bridgehead atoms. The number of hydrogen-bond acceptors (Lipinski definition) is 2. The molecule has 2 aromatic heterocycles. The quantitative estimate of drug-likeness (QED) is 0.668. The van der Waals surface area contributed by atoms with Gasteiger partial charge in [-0.15, -0.1) is 0 Å². The molecule has 3 aromatic rings. The van der Waals surface area contributed by atoms with Crippen LogP contribution in [0.15, 0.2) is 30.5 Å². The summed E-state index contributed by atoms with van der Waals surface area (Å²) in [7, 11) is 1.43. The maximum atomic E-state index is 15.0. The lowest BCUT2D eigenvalue weighted by Crippen LogP contribution is -2.18. The van der Waals surface area contributed by atoms with Crippen LogP contribution in [0, 0.1) is 24.5 Å². The van der Waals surface area contributed by atoms with Gasteiger partial charge >= 0.3 is 0 Å². The van der Waals surface area contributed by atoms with E-state index in [1.54, 1.807) is 0 Å². The molecule has 1 saturated carbocycles. The molecule has 0 aliphatic heterocycles. The molecule has 1 aromatic carbocycles. The van der Waals surface area contributed by atoms with Gasteiger partial charge in [0, 0.05) is 18.8 Å². The number of rotatable bonds is 4. The molecule has 1 aliphatic carbocycles. The van der Waals surface area contributed by atoms with Crippen LogP contribution in [0.1, 0.15) is 53.7 Å². The highest BCUT2D eigenvalue weighted by molar-refractivity contribution is 5.94. The number of fused-ring (bicyclic) bond motifs is 1. The number of aryl methyl sites for hydroxylation is 1. The number of halogens is 2.